The van der Waals surface area contributed by atoms with Crippen molar-refractivity contribution in [3.05, 3.63) is 23.8 Å². The number of esters is 1. The number of carbonyl (C=O) groups excluding carboxylic acids is 3. The van der Waals surface area contributed by atoms with Crippen LogP contribution in [0.3, 0.4) is 0 Å². The Morgan fingerprint density at radius 3 is 2.59 bits per heavy atom. The predicted molar refractivity (Wildman–Crippen MR) is 93.8 cm³/mol. The monoisotopic (exact) mass is 373 g/mol. The molecule has 3 rings (SSSR count). The van der Waals surface area contributed by atoms with E-state index in [-0.39, 0.29) is 29.7 Å². The normalized spacial score (nSPS) is 16.1. The van der Waals surface area contributed by atoms with Crippen LogP contribution >= 0.6 is 0 Å². The Hall–Kier alpha value is -3.56. The lowest BCUT2D eigenvalue weighted by atomic mass is 10.2. The minimum absolute atomic E-state index is 0.0856. The lowest BCUT2D eigenvalue weighted by Gasteiger charge is -2.15. The predicted octanol–water partition coefficient (Wildman–Crippen LogP) is 0.0810. The van der Waals surface area contributed by atoms with Crippen LogP contribution < -0.4 is 9.47 Å². The maximum Gasteiger partial charge on any atom is 0.446 e. The van der Waals surface area contributed by atoms with Crippen LogP contribution in [-0.2, 0) is 14.3 Å². The van der Waals surface area contributed by atoms with Crippen LogP contribution in [0.15, 0.2) is 28.2 Å². The number of aliphatic imine (C=N–C) groups is 2. The molecular weight excluding hydrogens is 356 g/mol. The van der Waals surface area contributed by atoms with Crippen molar-refractivity contribution >= 4 is 35.3 Å². The van der Waals surface area contributed by atoms with Crippen molar-refractivity contribution < 1.29 is 33.2 Å². The second-order valence-corrected chi connectivity index (χ2v) is 5.66. The third kappa shape index (κ3) is 3.16. The second-order valence-electron chi connectivity index (χ2n) is 5.66. The molecule has 0 atom stereocenters. The molecule has 0 saturated carbocycles. The number of amides is 3. The molecule has 27 heavy (non-hydrogen) atoms. The number of rotatable bonds is 5. The maximum atomic E-state index is 12.3. The number of hydrogen-bond donors (Lipinski definition) is 0. The zero-order chi connectivity index (χ0) is 19.7. The summed E-state index contributed by atoms with van der Waals surface area (Å²) in [6, 6.07) is 4.40. The molecule has 2 aliphatic heterocycles. The molecule has 0 N–H and O–H groups in total. The lowest BCUT2D eigenvalue weighted by Crippen LogP contribution is -2.51. The number of methoxy groups -OCH3 is 2. The number of nitrogens with zero attached hydrogens (tertiary/aromatic N) is 4. The number of urea groups is 1. The maximum absolute atomic E-state index is 12.3. The van der Waals surface area contributed by atoms with Gasteiger partial charge in [-0.25, -0.2) is 14.4 Å². The number of carbonyl (C=O) groups is 3. The van der Waals surface area contributed by atoms with E-state index in [1.54, 1.807) is 18.2 Å². The summed E-state index contributed by atoms with van der Waals surface area (Å²) in [6.07, 6.45) is 0. The first-order valence-electron chi connectivity index (χ1n) is 7.85. The van der Waals surface area contributed by atoms with E-state index in [9.17, 15) is 14.4 Å². The molecule has 1 aromatic carbocycles. The molecule has 0 radical (unpaired) electrons. The molecular formula is C17H17N4O6+. The first-order chi connectivity index (χ1) is 12.9. The number of benzene rings is 1. The Balaban J connectivity index is 1.98. The van der Waals surface area contributed by atoms with E-state index < -0.39 is 17.9 Å². The summed E-state index contributed by atoms with van der Waals surface area (Å²) in [6.45, 7) is -0.296. The highest BCUT2D eigenvalue weighted by atomic mass is 16.6. The fraction of sp³-hybridized carbons (Fsp3) is 0.294. The minimum Gasteiger partial charge on any atom is -0.493 e. The summed E-state index contributed by atoms with van der Waals surface area (Å²) >= 11 is 0. The molecule has 140 valence electrons. The average molecular weight is 373 g/mol. The van der Waals surface area contributed by atoms with Crippen LogP contribution in [0.2, 0.25) is 0 Å². The van der Waals surface area contributed by atoms with Crippen LogP contribution in [0.4, 0.5) is 4.79 Å². The zero-order valence-corrected chi connectivity index (χ0v) is 15.2. The molecule has 0 spiro atoms. The van der Waals surface area contributed by atoms with E-state index in [4.69, 9.17) is 9.47 Å². The van der Waals surface area contributed by atoms with Gasteiger partial charge in [-0.1, -0.05) is 4.99 Å². The molecule has 10 nitrogen and oxygen atoms in total. The van der Waals surface area contributed by atoms with E-state index in [2.05, 4.69) is 14.7 Å². The van der Waals surface area contributed by atoms with Crippen LogP contribution in [0.1, 0.15) is 5.56 Å². The molecule has 10 heteroatoms. The summed E-state index contributed by atoms with van der Waals surface area (Å²) in [5.74, 6) is 0.0525. The van der Waals surface area contributed by atoms with Crippen LogP contribution in [-0.4, -0.2) is 79.7 Å². The van der Waals surface area contributed by atoms with Crippen molar-refractivity contribution in [2.75, 3.05) is 34.9 Å². The lowest BCUT2D eigenvalue weighted by molar-refractivity contribution is -0.401. The first-order valence-corrected chi connectivity index (χ1v) is 7.85. The van der Waals surface area contributed by atoms with Crippen LogP contribution in [0, 0.1) is 0 Å². The highest BCUT2D eigenvalue weighted by Gasteiger charge is 2.44. The summed E-state index contributed by atoms with van der Waals surface area (Å²) in [5, 5.41) is 0. The van der Waals surface area contributed by atoms with Gasteiger partial charge in [-0.2, -0.15) is 14.5 Å². The minimum atomic E-state index is -0.545. The fourth-order valence-electron chi connectivity index (χ4n) is 2.53. The zero-order valence-electron chi connectivity index (χ0n) is 15.2. The van der Waals surface area contributed by atoms with E-state index in [0.717, 1.165) is 4.90 Å². The van der Waals surface area contributed by atoms with Crippen LogP contribution in [0.5, 0.6) is 11.5 Å². The van der Waals surface area contributed by atoms with Gasteiger partial charge in [0.15, 0.2) is 18.1 Å². The number of hydrogen-bond acceptors (Lipinski definition) is 8. The molecule has 2 heterocycles. The van der Waals surface area contributed by atoms with Gasteiger partial charge in [-0.15, -0.1) is 0 Å². The Labute approximate surface area is 154 Å². The van der Waals surface area contributed by atoms with Gasteiger partial charge in [0.1, 0.15) is 0 Å². The average Bonchev–Trinajstić information content (AvgIpc) is 3.14. The second kappa shape index (κ2) is 6.98. The topological polar surface area (TPSA) is 110 Å². The summed E-state index contributed by atoms with van der Waals surface area (Å²) in [7, 11) is 5.62. The Bertz CT molecular complexity index is 947. The molecule has 0 aliphatic carbocycles. The van der Waals surface area contributed by atoms with Crippen molar-refractivity contribution in [3.63, 3.8) is 0 Å². The van der Waals surface area contributed by atoms with Gasteiger partial charge < -0.3 is 14.2 Å². The molecule has 1 aromatic rings. The highest BCUT2D eigenvalue weighted by Crippen LogP contribution is 2.29. The Kier molecular flexibility index (Phi) is 4.72. The molecule has 3 amide bonds. The number of amidine groups is 2. The Morgan fingerprint density at radius 1 is 1.19 bits per heavy atom. The van der Waals surface area contributed by atoms with E-state index >= 15 is 0 Å². The summed E-state index contributed by atoms with van der Waals surface area (Å²) in [5.41, 5.74) is 0.615. The fourth-order valence-corrected chi connectivity index (χ4v) is 2.53. The van der Waals surface area contributed by atoms with Crippen molar-refractivity contribution in [1.29, 1.82) is 0 Å². The molecule has 0 saturated heterocycles. The molecule has 0 unspecified atom stereocenters. The first kappa shape index (κ1) is 18.2. The molecule has 0 fully saturated rings. The third-order valence-corrected chi connectivity index (χ3v) is 4.04. The molecule has 0 aromatic heterocycles. The molecule has 0 bridgehead atoms. The third-order valence-electron chi connectivity index (χ3n) is 4.04. The summed E-state index contributed by atoms with van der Waals surface area (Å²) < 4.78 is 16.4. The highest BCUT2D eigenvalue weighted by molar-refractivity contribution is 6.70. The summed E-state index contributed by atoms with van der Waals surface area (Å²) in [4.78, 5) is 45.2. The molecule has 2 aliphatic rings. The van der Waals surface area contributed by atoms with E-state index in [0.29, 0.717) is 11.3 Å². The van der Waals surface area contributed by atoms with Crippen molar-refractivity contribution in [3.8, 4) is 11.5 Å². The quantitative estimate of drug-likeness (QED) is 0.534. The number of imide groups is 1. The standard InChI is InChI=1S/C17H17N4O6/c1-20-15-13(16(23)21(2)17(20)24)18-14(19-15)9-5-6-10(25-3)11(7-9)27-8-12(22)26-4/h5-7H,8H2,1-4H3/q+1. The van der Waals surface area contributed by atoms with Gasteiger partial charge in [0.25, 0.3) is 0 Å². The van der Waals surface area contributed by atoms with Crippen LogP contribution in [0.25, 0.3) is 0 Å². The van der Waals surface area contributed by atoms with Gasteiger partial charge in [-0.3, -0.25) is 0 Å². The van der Waals surface area contributed by atoms with Gasteiger partial charge >= 0.3 is 23.7 Å². The number of ether oxygens (including phenoxy) is 3. The van der Waals surface area contributed by atoms with E-state index in [1.165, 1.54) is 32.9 Å². The van der Waals surface area contributed by atoms with Gasteiger partial charge in [0, 0.05) is 5.56 Å². The smallest absolute Gasteiger partial charge is 0.446 e. The van der Waals surface area contributed by atoms with Gasteiger partial charge in [0.2, 0.25) is 11.5 Å². The van der Waals surface area contributed by atoms with Gasteiger partial charge in [0.05, 0.1) is 28.3 Å². The van der Waals surface area contributed by atoms with Crippen molar-refractivity contribution in [1.82, 2.24) is 4.90 Å². The Morgan fingerprint density at radius 2 is 1.93 bits per heavy atom. The van der Waals surface area contributed by atoms with E-state index in [1.807, 2.05) is 0 Å². The SMILES string of the molecule is COC(=O)COc1cc(C2=NC3=[N+](C)C(=O)N(C)C(=O)C3=N2)ccc1OC. The van der Waals surface area contributed by atoms with Crippen molar-refractivity contribution in [2.45, 2.75) is 0 Å². The van der Waals surface area contributed by atoms with Crippen molar-refractivity contribution in [2.24, 2.45) is 9.98 Å². The number of fused-ring (bicyclic) bond motifs is 1. The largest absolute Gasteiger partial charge is 0.493 e. The van der Waals surface area contributed by atoms with Gasteiger partial charge in [-0.05, 0) is 18.2 Å².